The molecule has 0 saturated carbocycles. The lowest BCUT2D eigenvalue weighted by molar-refractivity contribution is -0.140. The molecule has 40 heavy (non-hydrogen) atoms. The van der Waals surface area contributed by atoms with Crippen LogP contribution in [0.15, 0.2) is 72.3 Å². The van der Waals surface area contributed by atoms with Crippen LogP contribution in [0.5, 0.6) is 17.2 Å². The Hall–Kier alpha value is -4.26. The summed E-state index contributed by atoms with van der Waals surface area (Å²) in [4.78, 5) is 28.6. The first kappa shape index (κ1) is 28.7. The molecule has 210 valence electrons. The molecule has 0 bridgehead atoms. The Bertz CT molecular complexity index is 1410. The Labute approximate surface area is 236 Å². The van der Waals surface area contributed by atoms with Crippen molar-refractivity contribution >= 4 is 17.4 Å². The number of benzene rings is 3. The smallest absolute Gasteiger partial charge is 0.295 e. The minimum absolute atomic E-state index is 0.0408. The highest BCUT2D eigenvalue weighted by molar-refractivity contribution is 6.46. The van der Waals surface area contributed by atoms with Crippen molar-refractivity contribution in [1.29, 1.82) is 0 Å². The molecule has 0 aromatic heterocycles. The number of aliphatic hydroxyl groups excluding tert-OH is 1. The van der Waals surface area contributed by atoms with Crippen LogP contribution >= 0.6 is 0 Å². The third kappa shape index (κ3) is 5.98. The van der Waals surface area contributed by atoms with E-state index in [4.69, 9.17) is 14.2 Å². The molecule has 0 radical (unpaired) electrons. The Balaban J connectivity index is 1.86. The lowest BCUT2D eigenvalue weighted by atomic mass is 9.93. The van der Waals surface area contributed by atoms with Gasteiger partial charge in [-0.3, -0.25) is 9.59 Å². The van der Waals surface area contributed by atoms with Gasteiger partial charge in [0.1, 0.15) is 23.0 Å². The number of carbonyl (C=O) groups is 2. The highest BCUT2D eigenvalue weighted by atomic mass is 16.5. The van der Waals surface area contributed by atoms with Gasteiger partial charge in [-0.1, -0.05) is 38.1 Å². The Morgan fingerprint density at radius 3 is 2.30 bits per heavy atom. The van der Waals surface area contributed by atoms with E-state index in [9.17, 15) is 14.7 Å². The summed E-state index contributed by atoms with van der Waals surface area (Å²) in [6.07, 6.45) is -0.0563. The van der Waals surface area contributed by atoms with Crippen LogP contribution in [0.4, 0.5) is 0 Å². The van der Waals surface area contributed by atoms with E-state index in [1.165, 1.54) is 4.90 Å². The van der Waals surface area contributed by atoms with Crippen LogP contribution in [0.3, 0.4) is 0 Å². The minimum Gasteiger partial charge on any atom is -0.507 e. The molecule has 7 heteroatoms. The van der Waals surface area contributed by atoms with Crippen molar-refractivity contribution in [1.82, 2.24) is 4.90 Å². The number of rotatable bonds is 10. The molecule has 0 aliphatic carbocycles. The summed E-state index contributed by atoms with van der Waals surface area (Å²) in [5.74, 6) is 0.527. The average Bonchev–Trinajstić information content (AvgIpc) is 3.18. The Morgan fingerprint density at radius 1 is 0.950 bits per heavy atom. The van der Waals surface area contributed by atoms with Gasteiger partial charge < -0.3 is 24.2 Å². The number of aliphatic hydroxyl groups is 1. The zero-order chi connectivity index (χ0) is 29.0. The van der Waals surface area contributed by atoms with Gasteiger partial charge in [-0.05, 0) is 85.8 Å². The first-order valence-corrected chi connectivity index (χ1v) is 13.6. The molecular weight excluding hydrogens is 506 g/mol. The van der Waals surface area contributed by atoms with Gasteiger partial charge in [0.15, 0.2) is 0 Å². The number of ketones is 1. The monoisotopic (exact) mass is 543 g/mol. The van der Waals surface area contributed by atoms with E-state index in [-0.39, 0.29) is 29.9 Å². The molecule has 1 unspecified atom stereocenters. The van der Waals surface area contributed by atoms with E-state index in [0.29, 0.717) is 29.2 Å². The fraction of sp³-hybridized carbons (Fsp3) is 0.333. The van der Waals surface area contributed by atoms with E-state index >= 15 is 0 Å². The largest absolute Gasteiger partial charge is 0.507 e. The Morgan fingerprint density at radius 2 is 1.68 bits per heavy atom. The molecule has 1 atom stereocenters. The molecule has 1 saturated heterocycles. The van der Waals surface area contributed by atoms with Crippen molar-refractivity contribution in [2.45, 2.75) is 59.2 Å². The van der Waals surface area contributed by atoms with Crippen molar-refractivity contribution < 1.29 is 28.9 Å². The number of ether oxygens (including phenoxy) is 3. The van der Waals surface area contributed by atoms with Gasteiger partial charge in [-0.25, -0.2) is 0 Å². The SMILES string of the molecule is CCOc1ccc(/C(O)=C2\C(=O)C(=O)N(Cc3ccc(OC)cc3)C2c2cccc(OC(C)C)c2)cc1C(C)C. The molecule has 1 amide bonds. The molecule has 0 spiro atoms. The lowest BCUT2D eigenvalue weighted by Gasteiger charge is -2.26. The van der Waals surface area contributed by atoms with Crippen LogP contribution in [0, 0.1) is 0 Å². The molecule has 1 aliphatic rings. The van der Waals surface area contributed by atoms with E-state index in [2.05, 4.69) is 0 Å². The molecule has 7 nitrogen and oxygen atoms in total. The van der Waals surface area contributed by atoms with E-state index < -0.39 is 17.7 Å². The van der Waals surface area contributed by atoms with Gasteiger partial charge in [0.25, 0.3) is 11.7 Å². The third-order valence-electron chi connectivity index (χ3n) is 6.80. The molecular formula is C33H37NO6. The van der Waals surface area contributed by atoms with Crippen LogP contribution < -0.4 is 14.2 Å². The first-order valence-electron chi connectivity index (χ1n) is 13.6. The molecule has 1 N–H and O–H groups in total. The summed E-state index contributed by atoms with van der Waals surface area (Å²) in [6, 6.07) is 19.2. The number of hydrogen-bond acceptors (Lipinski definition) is 6. The summed E-state index contributed by atoms with van der Waals surface area (Å²) >= 11 is 0. The summed E-state index contributed by atoms with van der Waals surface area (Å²) in [7, 11) is 1.59. The van der Waals surface area contributed by atoms with Crippen LogP contribution in [-0.4, -0.2) is 41.5 Å². The summed E-state index contributed by atoms with van der Waals surface area (Å²) in [6.45, 7) is 10.5. The normalized spacial score (nSPS) is 16.6. The number of Topliss-reactive ketones (excluding diaryl/α,β-unsaturated/α-hetero) is 1. The zero-order valence-electron chi connectivity index (χ0n) is 23.9. The van der Waals surface area contributed by atoms with Crippen molar-refractivity contribution in [2.75, 3.05) is 13.7 Å². The maximum atomic E-state index is 13.6. The maximum Gasteiger partial charge on any atom is 0.295 e. The van der Waals surface area contributed by atoms with Crippen LogP contribution in [0.1, 0.15) is 68.8 Å². The fourth-order valence-corrected chi connectivity index (χ4v) is 4.94. The quantitative estimate of drug-likeness (QED) is 0.176. The minimum atomic E-state index is -0.813. The number of carbonyl (C=O) groups excluding carboxylic acids is 2. The molecule has 3 aromatic carbocycles. The highest BCUT2D eigenvalue weighted by Crippen LogP contribution is 2.42. The standard InChI is InChI=1S/C33H37NO6/c1-7-39-28-16-13-24(18-27(28)20(2)3)31(35)29-30(23-9-8-10-26(17-23)40-21(4)5)34(33(37)32(29)36)19-22-11-14-25(38-6)15-12-22/h8-18,20-21,30,35H,7,19H2,1-6H3/b31-29+. The fourth-order valence-electron chi connectivity index (χ4n) is 4.94. The number of nitrogens with zero attached hydrogens (tertiary/aromatic N) is 1. The average molecular weight is 544 g/mol. The highest BCUT2D eigenvalue weighted by Gasteiger charge is 2.46. The lowest BCUT2D eigenvalue weighted by Crippen LogP contribution is -2.29. The van der Waals surface area contributed by atoms with Gasteiger partial charge in [0, 0.05) is 12.1 Å². The second-order valence-electron chi connectivity index (χ2n) is 10.4. The molecule has 1 aliphatic heterocycles. The second-order valence-corrected chi connectivity index (χ2v) is 10.4. The summed E-state index contributed by atoms with van der Waals surface area (Å²) < 4.78 is 17.0. The maximum absolute atomic E-state index is 13.6. The van der Waals surface area contributed by atoms with E-state index in [1.807, 2.05) is 89.2 Å². The predicted molar refractivity (Wildman–Crippen MR) is 155 cm³/mol. The van der Waals surface area contributed by atoms with Crippen molar-refractivity contribution in [2.24, 2.45) is 0 Å². The van der Waals surface area contributed by atoms with Crippen molar-refractivity contribution in [3.63, 3.8) is 0 Å². The summed E-state index contributed by atoms with van der Waals surface area (Å²) in [5.41, 5.74) is 2.89. The topological polar surface area (TPSA) is 85.3 Å². The van der Waals surface area contributed by atoms with Crippen molar-refractivity contribution in [3.8, 4) is 17.2 Å². The van der Waals surface area contributed by atoms with Crippen molar-refractivity contribution in [3.05, 3.63) is 94.6 Å². The number of amides is 1. The van der Waals surface area contributed by atoms with Crippen LogP contribution in [-0.2, 0) is 16.1 Å². The van der Waals surface area contributed by atoms with Gasteiger partial charge in [-0.2, -0.15) is 0 Å². The molecule has 1 heterocycles. The van der Waals surface area contributed by atoms with E-state index in [0.717, 1.165) is 16.9 Å². The number of likely N-dealkylation sites (tertiary alicyclic amines) is 1. The van der Waals surface area contributed by atoms with Gasteiger partial charge in [-0.15, -0.1) is 0 Å². The summed E-state index contributed by atoms with van der Waals surface area (Å²) in [5, 5.41) is 11.6. The molecule has 3 aromatic rings. The molecule has 1 fully saturated rings. The second kappa shape index (κ2) is 12.3. The van der Waals surface area contributed by atoms with Crippen LogP contribution in [0.25, 0.3) is 5.76 Å². The number of methoxy groups -OCH3 is 1. The third-order valence-corrected chi connectivity index (χ3v) is 6.80. The predicted octanol–water partition coefficient (Wildman–Crippen LogP) is 6.63. The molecule has 4 rings (SSSR count). The van der Waals surface area contributed by atoms with Gasteiger partial charge in [0.2, 0.25) is 0 Å². The Kier molecular flexibility index (Phi) is 8.83. The number of hydrogen-bond donors (Lipinski definition) is 1. The van der Waals surface area contributed by atoms with E-state index in [1.54, 1.807) is 19.2 Å². The zero-order valence-corrected chi connectivity index (χ0v) is 23.9. The van der Waals surface area contributed by atoms with Gasteiger partial charge in [0.05, 0.1) is 31.4 Å². The first-order chi connectivity index (χ1) is 19.1. The van der Waals surface area contributed by atoms with Gasteiger partial charge >= 0.3 is 0 Å². The van der Waals surface area contributed by atoms with Crippen LogP contribution in [0.2, 0.25) is 0 Å².